The molecule has 0 fully saturated rings. The molecule has 6 nitrogen and oxygen atoms in total. The fourth-order valence-electron chi connectivity index (χ4n) is 1.59. The van der Waals surface area contributed by atoms with E-state index in [-0.39, 0.29) is 27.6 Å². The summed E-state index contributed by atoms with van der Waals surface area (Å²) in [6.07, 6.45) is 0. The number of methoxy groups -OCH3 is 1. The molecule has 0 radical (unpaired) electrons. The van der Waals surface area contributed by atoms with Gasteiger partial charge < -0.3 is 10.5 Å². The van der Waals surface area contributed by atoms with Crippen molar-refractivity contribution in [2.45, 2.75) is 18.7 Å². The van der Waals surface area contributed by atoms with Crippen LogP contribution >= 0.6 is 23.7 Å². The molecule has 1 aromatic heterocycles. The molecule has 0 amide bonds. The van der Waals surface area contributed by atoms with E-state index in [0.29, 0.717) is 13.1 Å². The van der Waals surface area contributed by atoms with Crippen LogP contribution in [0.5, 0.6) is 0 Å². The lowest BCUT2D eigenvalue weighted by molar-refractivity contribution is 0.0606. The molecule has 0 aromatic carbocycles. The van der Waals surface area contributed by atoms with Crippen LogP contribution in [-0.2, 0) is 14.8 Å². The summed E-state index contributed by atoms with van der Waals surface area (Å²) < 4.78 is 30.6. The smallest absolute Gasteiger partial charge is 0.348 e. The normalized spacial score (nSPS) is 12.1. The SMILES string of the molecule is COC(=O)c1cc(S(=O)(=O)N(C)CC(C)(C)CN)cs1.Cl. The summed E-state index contributed by atoms with van der Waals surface area (Å²) in [4.78, 5) is 11.7. The third kappa shape index (κ3) is 4.93. The van der Waals surface area contributed by atoms with Crippen molar-refractivity contribution in [3.05, 3.63) is 16.3 Å². The predicted molar refractivity (Wildman–Crippen MR) is 85.6 cm³/mol. The number of hydrogen-bond donors (Lipinski definition) is 1. The van der Waals surface area contributed by atoms with Crippen molar-refractivity contribution in [3.8, 4) is 0 Å². The first-order chi connectivity index (χ1) is 9.14. The highest BCUT2D eigenvalue weighted by molar-refractivity contribution is 7.89. The number of carbonyl (C=O) groups is 1. The Morgan fingerprint density at radius 2 is 2.05 bits per heavy atom. The van der Waals surface area contributed by atoms with Crippen LogP contribution < -0.4 is 5.73 Å². The van der Waals surface area contributed by atoms with Gasteiger partial charge in [-0.1, -0.05) is 13.8 Å². The maximum absolute atomic E-state index is 12.4. The van der Waals surface area contributed by atoms with E-state index < -0.39 is 16.0 Å². The van der Waals surface area contributed by atoms with Crippen LogP contribution in [0.25, 0.3) is 0 Å². The zero-order valence-corrected chi connectivity index (χ0v) is 14.9. The summed E-state index contributed by atoms with van der Waals surface area (Å²) in [6, 6.07) is 1.33. The highest BCUT2D eigenvalue weighted by atomic mass is 35.5. The molecule has 0 spiro atoms. The van der Waals surface area contributed by atoms with E-state index >= 15 is 0 Å². The van der Waals surface area contributed by atoms with E-state index in [1.807, 2.05) is 13.8 Å². The van der Waals surface area contributed by atoms with Gasteiger partial charge in [0.1, 0.15) is 4.88 Å². The molecule has 0 aliphatic heterocycles. The number of nitrogens with two attached hydrogens (primary N) is 1. The maximum Gasteiger partial charge on any atom is 0.348 e. The second-order valence-electron chi connectivity index (χ2n) is 5.27. The fourth-order valence-corrected chi connectivity index (χ4v) is 4.13. The van der Waals surface area contributed by atoms with Gasteiger partial charge in [0, 0.05) is 19.0 Å². The third-order valence-electron chi connectivity index (χ3n) is 2.87. The zero-order chi connectivity index (χ0) is 15.6. The van der Waals surface area contributed by atoms with E-state index in [9.17, 15) is 13.2 Å². The molecule has 0 aliphatic carbocycles. The first-order valence-electron chi connectivity index (χ1n) is 5.97. The average Bonchev–Trinajstić information content (AvgIpc) is 2.87. The maximum atomic E-state index is 12.4. The van der Waals surface area contributed by atoms with Crippen LogP contribution in [-0.4, -0.2) is 45.9 Å². The lowest BCUT2D eigenvalue weighted by Gasteiger charge is -2.28. The minimum Gasteiger partial charge on any atom is -0.465 e. The molecule has 0 saturated carbocycles. The van der Waals surface area contributed by atoms with Gasteiger partial charge in [-0.05, 0) is 18.0 Å². The molecule has 0 bridgehead atoms. The molecular weight excluding hydrogens is 336 g/mol. The van der Waals surface area contributed by atoms with Crippen LogP contribution in [0.1, 0.15) is 23.5 Å². The molecule has 0 unspecified atom stereocenters. The number of rotatable bonds is 6. The standard InChI is InChI=1S/C12H20N2O4S2.ClH/c1-12(2,7-13)8-14(3)20(16,17)9-5-10(19-6-9)11(15)18-4;/h5-6H,7-8,13H2,1-4H3;1H. The predicted octanol–water partition coefficient (Wildman–Crippen LogP) is 1.56. The van der Waals surface area contributed by atoms with E-state index in [0.717, 1.165) is 11.3 Å². The second kappa shape index (κ2) is 7.55. The van der Waals surface area contributed by atoms with Gasteiger partial charge in [-0.2, -0.15) is 0 Å². The Morgan fingerprint density at radius 1 is 1.48 bits per heavy atom. The van der Waals surface area contributed by atoms with Crippen LogP contribution in [0.4, 0.5) is 0 Å². The molecule has 1 aromatic rings. The van der Waals surface area contributed by atoms with Gasteiger partial charge in [0.15, 0.2) is 0 Å². The quantitative estimate of drug-likeness (QED) is 0.781. The Hall–Kier alpha value is -0.670. The zero-order valence-electron chi connectivity index (χ0n) is 12.5. The summed E-state index contributed by atoms with van der Waals surface area (Å²) in [6.45, 7) is 4.47. The molecule has 21 heavy (non-hydrogen) atoms. The van der Waals surface area contributed by atoms with E-state index in [4.69, 9.17) is 5.73 Å². The van der Waals surface area contributed by atoms with Gasteiger partial charge >= 0.3 is 5.97 Å². The number of halogens is 1. The van der Waals surface area contributed by atoms with Gasteiger partial charge in [-0.15, -0.1) is 23.7 Å². The van der Waals surface area contributed by atoms with Crippen LogP contribution in [0.2, 0.25) is 0 Å². The van der Waals surface area contributed by atoms with Crippen molar-refractivity contribution in [1.82, 2.24) is 4.31 Å². The van der Waals surface area contributed by atoms with Crippen molar-refractivity contribution >= 4 is 39.7 Å². The lowest BCUT2D eigenvalue weighted by Crippen LogP contribution is -2.39. The highest BCUT2D eigenvalue weighted by Gasteiger charge is 2.28. The van der Waals surface area contributed by atoms with Crippen molar-refractivity contribution < 1.29 is 17.9 Å². The molecule has 2 N–H and O–H groups in total. The Kier molecular flexibility index (Phi) is 7.31. The van der Waals surface area contributed by atoms with E-state index in [1.54, 1.807) is 0 Å². The van der Waals surface area contributed by atoms with Crippen LogP contribution in [0.3, 0.4) is 0 Å². The number of esters is 1. The average molecular weight is 357 g/mol. The molecule has 1 rings (SSSR count). The lowest BCUT2D eigenvalue weighted by atomic mass is 9.94. The van der Waals surface area contributed by atoms with Gasteiger partial charge in [-0.25, -0.2) is 17.5 Å². The van der Waals surface area contributed by atoms with E-state index in [2.05, 4.69) is 4.74 Å². The Morgan fingerprint density at radius 3 is 2.52 bits per heavy atom. The molecule has 0 aliphatic rings. The van der Waals surface area contributed by atoms with Crippen molar-refractivity contribution in [1.29, 1.82) is 0 Å². The summed E-state index contributed by atoms with van der Waals surface area (Å²) in [5, 5.41) is 1.44. The molecule has 1 heterocycles. The Bertz CT molecular complexity index is 584. The monoisotopic (exact) mass is 356 g/mol. The van der Waals surface area contributed by atoms with E-state index in [1.165, 1.54) is 29.9 Å². The molecule has 0 saturated heterocycles. The summed E-state index contributed by atoms with van der Waals surface area (Å²) in [7, 11) is -0.864. The first-order valence-corrected chi connectivity index (χ1v) is 8.29. The van der Waals surface area contributed by atoms with Crippen molar-refractivity contribution in [3.63, 3.8) is 0 Å². The van der Waals surface area contributed by atoms with Crippen molar-refractivity contribution in [2.24, 2.45) is 11.1 Å². The summed E-state index contributed by atoms with van der Waals surface area (Å²) >= 11 is 1.05. The molecule has 9 heteroatoms. The molecule has 0 atom stereocenters. The Labute approximate surface area is 135 Å². The largest absolute Gasteiger partial charge is 0.465 e. The van der Waals surface area contributed by atoms with Gasteiger partial charge in [0.25, 0.3) is 0 Å². The van der Waals surface area contributed by atoms with Crippen molar-refractivity contribution in [2.75, 3.05) is 27.2 Å². The summed E-state index contributed by atoms with van der Waals surface area (Å²) in [5.74, 6) is -0.540. The number of ether oxygens (including phenoxy) is 1. The Balaban J connectivity index is 0.00000400. The number of sulfonamides is 1. The number of carbonyl (C=O) groups excluding carboxylic acids is 1. The minimum atomic E-state index is -3.62. The molecule has 122 valence electrons. The third-order valence-corrected chi connectivity index (χ3v) is 5.71. The van der Waals surface area contributed by atoms with Crippen LogP contribution in [0.15, 0.2) is 16.3 Å². The topological polar surface area (TPSA) is 89.7 Å². The number of thiophene rings is 1. The first kappa shape index (κ1) is 20.3. The fraction of sp³-hybridized carbons (Fsp3) is 0.583. The second-order valence-corrected chi connectivity index (χ2v) is 8.22. The summed E-state index contributed by atoms with van der Waals surface area (Å²) in [5.41, 5.74) is 5.30. The number of hydrogen-bond acceptors (Lipinski definition) is 6. The minimum absolute atomic E-state index is 0. The van der Waals surface area contributed by atoms with Gasteiger partial charge in [0.2, 0.25) is 10.0 Å². The molecular formula is C12H21ClN2O4S2. The highest BCUT2D eigenvalue weighted by Crippen LogP contribution is 2.25. The van der Waals surface area contributed by atoms with Gasteiger partial charge in [0.05, 0.1) is 12.0 Å². The number of nitrogens with zero attached hydrogens (tertiary/aromatic N) is 1. The van der Waals surface area contributed by atoms with Crippen LogP contribution in [0, 0.1) is 5.41 Å². The van der Waals surface area contributed by atoms with Gasteiger partial charge in [-0.3, -0.25) is 0 Å².